The van der Waals surface area contributed by atoms with Gasteiger partial charge in [0.05, 0.1) is 4.90 Å². The lowest BCUT2D eigenvalue weighted by Crippen LogP contribution is -2.51. The van der Waals surface area contributed by atoms with E-state index < -0.39 is 33.1 Å². The van der Waals surface area contributed by atoms with E-state index in [4.69, 9.17) is 0 Å². The van der Waals surface area contributed by atoms with Crippen molar-refractivity contribution in [3.05, 3.63) is 64.2 Å². The van der Waals surface area contributed by atoms with Gasteiger partial charge in [-0.2, -0.15) is 4.31 Å². The molecule has 1 saturated heterocycles. The number of amides is 1. The fourth-order valence-corrected chi connectivity index (χ4v) is 5.53. The van der Waals surface area contributed by atoms with Crippen LogP contribution in [0.3, 0.4) is 0 Å². The van der Waals surface area contributed by atoms with E-state index in [0.717, 1.165) is 17.7 Å². The zero-order chi connectivity index (χ0) is 20.6. The Bertz CT molecular complexity index is 986. The Labute approximate surface area is 163 Å². The maximum Gasteiger partial charge on any atom is 0.259 e. The zero-order valence-electron chi connectivity index (χ0n) is 16.0. The van der Waals surface area contributed by atoms with Crippen LogP contribution in [0.15, 0.2) is 35.2 Å². The molecule has 150 valence electrons. The van der Waals surface area contributed by atoms with Crippen molar-refractivity contribution in [3.63, 3.8) is 0 Å². The normalized spacial score (nSPS) is 15.7. The van der Waals surface area contributed by atoms with Gasteiger partial charge in [-0.1, -0.05) is 23.8 Å². The van der Waals surface area contributed by atoms with Gasteiger partial charge < -0.3 is 4.90 Å². The molecule has 1 aliphatic heterocycles. The number of rotatable bonds is 3. The number of nitrogens with zero attached hydrogens (tertiary/aromatic N) is 2. The predicted octanol–water partition coefficient (Wildman–Crippen LogP) is 3.04. The number of halogens is 2. The molecule has 0 bridgehead atoms. The van der Waals surface area contributed by atoms with Gasteiger partial charge in [-0.05, 0) is 44.0 Å². The topological polar surface area (TPSA) is 57.7 Å². The van der Waals surface area contributed by atoms with Gasteiger partial charge in [-0.3, -0.25) is 4.79 Å². The second-order valence-electron chi connectivity index (χ2n) is 7.02. The Kier molecular flexibility index (Phi) is 5.54. The van der Waals surface area contributed by atoms with Gasteiger partial charge in [-0.15, -0.1) is 0 Å². The molecule has 0 unspecified atom stereocenters. The van der Waals surface area contributed by atoms with Crippen LogP contribution in [0.4, 0.5) is 8.78 Å². The molecule has 0 saturated carbocycles. The highest BCUT2D eigenvalue weighted by Crippen LogP contribution is 2.26. The lowest BCUT2D eigenvalue weighted by atomic mass is 10.1. The summed E-state index contributed by atoms with van der Waals surface area (Å²) in [6.45, 7) is 5.68. The third-order valence-electron chi connectivity index (χ3n) is 4.91. The number of hydrogen-bond acceptors (Lipinski definition) is 3. The first-order valence-electron chi connectivity index (χ1n) is 8.94. The van der Waals surface area contributed by atoms with Crippen LogP contribution in [0.1, 0.15) is 27.0 Å². The average Bonchev–Trinajstić information content (AvgIpc) is 2.60. The quantitative estimate of drug-likeness (QED) is 0.785. The monoisotopic (exact) mass is 408 g/mol. The summed E-state index contributed by atoms with van der Waals surface area (Å²) in [5.74, 6) is -2.62. The summed E-state index contributed by atoms with van der Waals surface area (Å²) >= 11 is 0. The van der Waals surface area contributed by atoms with Gasteiger partial charge in [0.1, 0.15) is 17.2 Å². The van der Waals surface area contributed by atoms with Crippen LogP contribution >= 0.6 is 0 Å². The third kappa shape index (κ3) is 3.66. The van der Waals surface area contributed by atoms with Crippen LogP contribution in [0.2, 0.25) is 0 Å². The average molecular weight is 408 g/mol. The van der Waals surface area contributed by atoms with E-state index in [1.165, 1.54) is 15.3 Å². The number of hydrogen-bond donors (Lipinski definition) is 0. The second kappa shape index (κ2) is 7.60. The van der Waals surface area contributed by atoms with Crippen molar-refractivity contribution >= 4 is 15.9 Å². The molecule has 0 atom stereocenters. The van der Waals surface area contributed by atoms with Crippen molar-refractivity contribution in [2.24, 2.45) is 0 Å². The Morgan fingerprint density at radius 1 is 0.929 bits per heavy atom. The van der Waals surface area contributed by atoms with Crippen LogP contribution < -0.4 is 0 Å². The molecule has 5 nitrogen and oxygen atoms in total. The summed E-state index contributed by atoms with van der Waals surface area (Å²) in [7, 11) is -3.72. The lowest BCUT2D eigenvalue weighted by Gasteiger charge is -2.34. The van der Waals surface area contributed by atoms with Gasteiger partial charge in [0.15, 0.2) is 0 Å². The van der Waals surface area contributed by atoms with Crippen LogP contribution in [0, 0.1) is 32.4 Å². The molecule has 0 aliphatic carbocycles. The Morgan fingerprint density at radius 3 is 1.93 bits per heavy atom. The van der Waals surface area contributed by atoms with Crippen molar-refractivity contribution in [2.75, 3.05) is 26.2 Å². The summed E-state index contributed by atoms with van der Waals surface area (Å²) in [5.41, 5.74) is 1.72. The molecule has 0 N–H and O–H groups in total. The van der Waals surface area contributed by atoms with E-state index in [2.05, 4.69) is 0 Å². The van der Waals surface area contributed by atoms with Crippen molar-refractivity contribution in [3.8, 4) is 0 Å². The minimum absolute atomic E-state index is 0.0653. The summed E-state index contributed by atoms with van der Waals surface area (Å²) in [5, 5.41) is 0. The standard InChI is InChI=1S/C20H22F2N2O3S/c1-13-11-14(2)19(15(3)12-13)28(26,27)24-9-7-23(8-10-24)20(25)18-16(21)5-4-6-17(18)22/h4-6,11-12H,7-10H2,1-3H3. The Balaban J connectivity index is 1.79. The first kappa shape index (κ1) is 20.4. The van der Waals surface area contributed by atoms with E-state index in [0.29, 0.717) is 11.1 Å². The predicted molar refractivity (Wildman–Crippen MR) is 102 cm³/mol. The Morgan fingerprint density at radius 2 is 1.43 bits per heavy atom. The minimum Gasteiger partial charge on any atom is -0.336 e. The molecular formula is C20H22F2N2O3S. The maximum atomic E-state index is 13.9. The lowest BCUT2D eigenvalue weighted by molar-refractivity contribution is 0.0688. The first-order chi connectivity index (χ1) is 13.1. The molecule has 1 heterocycles. The van der Waals surface area contributed by atoms with E-state index in [9.17, 15) is 22.0 Å². The number of sulfonamides is 1. The molecule has 3 rings (SSSR count). The molecule has 2 aromatic carbocycles. The van der Waals surface area contributed by atoms with Gasteiger partial charge in [0.25, 0.3) is 5.91 Å². The fourth-order valence-electron chi connectivity index (χ4n) is 3.69. The molecule has 0 aromatic heterocycles. The minimum atomic E-state index is -3.72. The van der Waals surface area contributed by atoms with Crippen molar-refractivity contribution in [1.29, 1.82) is 0 Å². The van der Waals surface area contributed by atoms with Crippen LogP contribution in [-0.4, -0.2) is 49.7 Å². The summed E-state index contributed by atoms with van der Waals surface area (Å²) in [4.78, 5) is 14.0. The third-order valence-corrected chi connectivity index (χ3v) is 7.11. The van der Waals surface area contributed by atoms with Crippen molar-refractivity contribution in [1.82, 2.24) is 9.21 Å². The molecule has 8 heteroatoms. The van der Waals surface area contributed by atoms with Crippen LogP contribution in [0.5, 0.6) is 0 Å². The first-order valence-corrected chi connectivity index (χ1v) is 10.4. The molecule has 1 aliphatic rings. The number of carbonyl (C=O) groups excluding carboxylic acids is 1. The molecule has 0 spiro atoms. The van der Waals surface area contributed by atoms with Crippen molar-refractivity contribution in [2.45, 2.75) is 25.7 Å². The highest BCUT2D eigenvalue weighted by Gasteiger charge is 2.33. The SMILES string of the molecule is Cc1cc(C)c(S(=O)(=O)N2CCN(C(=O)c3c(F)cccc3F)CC2)c(C)c1. The summed E-state index contributed by atoms with van der Waals surface area (Å²) in [6, 6.07) is 6.89. The van der Waals surface area contributed by atoms with Gasteiger partial charge in [0.2, 0.25) is 10.0 Å². The summed E-state index contributed by atoms with van der Waals surface area (Å²) < 4.78 is 55.3. The van der Waals surface area contributed by atoms with E-state index in [-0.39, 0.29) is 31.1 Å². The molecule has 1 amide bonds. The molecular weight excluding hydrogens is 386 g/mol. The molecule has 1 fully saturated rings. The van der Waals surface area contributed by atoms with Gasteiger partial charge >= 0.3 is 0 Å². The fraction of sp³-hybridized carbons (Fsp3) is 0.350. The molecule has 28 heavy (non-hydrogen) atoms. The number of aryl methyl sites for hydroxylation is 3. The van der Waals surface area contributed by atoms with Gasteiger partial charge in [-0.25, -0.2) is 17.2 Å². The highest BCUT2D eigenvalue weighted by atomic mass is 32.2. The smallest absolute Gasteiger partial charge is 0.259 e. The van der Waals surface area contributed by atoms with Crippen LogP contribution in [0.25, 0.3) is 0 Å². The van der Waals surface area contributed by atoms with E-state index >= 15 is 0 Å². The second-order valence-corrected chi connectivity index (χ2v) is 8.90. The summed E-state index contributed by atoms with van der Waals surface area (Å²) in [6.07, 6.45) is 0. The van der Waals surface area contributed by atoms with E-state index in [1.54, 1.807) is 13.8 Å². The highest BCUT2D eigenvalue weighted by molar-refractivity contribution is 7.89. The largest absolute Gasteiger partial charge is 0.336 e. The van der Waals surface area contributed by atoms with Crippen molar-refractivity contribution < 1.29 is 22.0 Å². The number of piperazine rings is 1. The van der Waals surface area contributed by atoms with Crippen LogP contribution in [-0.2, 0) is 10.0 Å². The molecule has 0 radical (unpaired) electrons. The Hall–Kier alpha value is -2.32. The number of benzene rings is 2. The maximum absolute atomic E-state index is 13.9. The molecule has 2 aromatic rings. The van der Waals surface area contributed by atoms with E-state index in [1.807, 2.05) is 19.1 Å². The van der Waals surface area contributed by atoms with Gasteiger partial charge in [0, 0.05) is 26.2 Å². The zero-order valence-corrected chi connectivity index (χ0v) is 16.8. The number of carbonyl (C=O) groups is 1.